The fraction of sp³-hybridized carbons (Fsp3) is 0.281. The molecule has 1 saturated heterocycles. The topological polar surface area (TPSA) is 95.7 Å². The van der Waals surface area contributed by atoms with Gasteiger partial charge in [-0.05, 0) is 34.9 Å². The number of nitrogens with two attached hydrogens (primary N) is 1. The number of nitrogens with zero attached hydrogens (tertiary/aromatic N) is 2. The predicted molar refractivity (Wildman–Crippen MR) is 155 cm³/mol. The van der Waals surface area contributed by atoms with Crippen LogP contribution in [-0.4, -0.2) is 66.2 Å². The van der Waals surface area contributed by atoms with Crippen molar-refractivity contribution in [2.75, 3.05) is 32.7 Å². The van der Waals surface area contributed by atoms with Crippen LogP contribution in [0.3, 0.4) is 0 Å². The smallest absolute Gasteiger partial charge is 0.287 e. The molecule has 7 nitrogen and oxygen atoms in total. The van der Waals surface area contributed by atoms with Crippen LogP contribution in [0.25, 0.3) is 12.2 Å². The van der Waals surface area contributed by atoms with Gasteiger partial charge in [-0.1, -0.05) is 91.9 Å². The maximum absolute atomic E-state index is 13.2. The number of nitrogens with one attached hydrogen (secondary N) is 1. The van der Waals surface area contributed by atoms with Gasteiger partial charge in [0.1, 0.15) is 6.04 Å². The van der Waals surface area contributed by atoms with Gasteiger partial charge < -0.3 is 16.0 Å². The molecule has 1 fully saturated rings. The van der Waals surface area contributed by atoms with Crippen LogP contribution >= 0.6 is 0 Å². The van der Waals surface area contributed by atoms with Crippen molar-refractivity contribution < 1.29 is 14.4 Å². The number of likely N-dealkylation sites (N-methyl/N-ethyl adjacent to an activating group) is 1. The first-order valence-corrected chi connectivity index (χ1v) is 13.4. The van der Waals surface area contributed by atoms with Gasteiger partial charge in [0.05, 0.1) is 0 Å². The van der Waals surface area contributed by atoms with Gasteiger partial charge in [0.2, 0.25) is 5.78 Å². The molecule has 39 heavy (non-hydrogen) atoms. The molecule has 7 heteroatoms. The number of rotatable bonds is 11. The molecule has 1 aliphatic rings. The number of carbonyl (C=O) groups is 3. The minimum absolute atomic E-state index is 0.174. The fourth-order valence-electron chi connectivity index (χ4n) is 4.76. The molecule has 1 unspecified atom stereocenters. The molecule has 2 amide bonds. The van der Waals surface area contributed by atoms with Crippen LogP contribution in [-0.2, 0) is 22.6 Å². The number of hydrogen-bond donors (Lipinski definition) is 2. The Morgan fingerprint density at radius 3 is 2.13 bits per heavy atom. The Balaban J connectivity index is 1.42. The Labute approximate surface area is 230 Å². The second-order valence-electron chi connectivity index (χ2n) is 9.82. The molecule has 1 aliphatic heterocycles. The average Bonchev–Trinajstić information content (AvgIpc) is 2.97. The SMILES string of the molecule is CCN1CCN(Cc2ccc(/C=C/c3ccccc3C(=O)NC(Cc3ccccc3)C(=O)C(N)=O)cc2)CC1. The fourth-order valence-corrected chi connectivity index (χ4v) is 4.76. The van der Waals surface area contributed by atoms with Crippen LogP contribution in [0.1, 0.15) is 39.5 Å². The van der Waals surface area contributed by atoms with E-state index in [-0.39, 0.29) is 6.42 Å². The lowest BCUT2D eigenvalue weighted by molar-refractivity contribution is -0.137. The minimum atomic E-state index is -1.07. The Morgan fingerprint density at radius 2 is 1.46 bits per heavy atom. The molecule has 1 atom stereocenters. The van der Waals surface area contributed by atoms with E-state index in [1.807, 2.05) is 54.6 Å². The van der Waals surface area contributed by atoms with Crippen LogP contribution in [0.15, 0.2) is 78.9 Å². The number of Topliss-reactive ketones (excluding diaryl/α,β-unsaturated/α-hetero) is 1. The number of carbonyl (C=O) groups excluding carboxylic acids is 3. The average molecular weight is 525 g/mol. The van der Waals surface area contributed by atoms with Gasteiger partial charge in [-0.2, -0.15) is 0 Å². The summed E-state index contributed by atoms with van der Waals surface area (Å²) in [6.07, 6.45) is 4.02. The van der Waals surface area contributed by atoms with E-state index in [9.17, 15) is 14.4 Å². The molecule has 1 heterocycles. The van der Waals surface area contributed by atoms with E-state index in [4.69, 9.17) is 5.73 Å². The molecule has 0 saturated carbocycles. The zero-order valence-corrected chi connectivity index (χ0v) is 22.4. The molecule has 3 aromatic carbocycles. The van der Waals surface area contributed by atoms with E-state index >= 15 is 0 Å². The number of hydrogen-bond acceptors (Lipinski definition) is 5. The Hall–Kier alpha value is -4.07. The van der Waals surface area contributed by atoms with Crippen molar-refractivity contribution in [2.24, 2.45) is 5.73 Å². The van der Waals surface area contributed by atoms with Gasteiger partial charge >= 0.3 is 0 Å². The second-order valence-corrected chi connectivity index (χ2v) is 9.82. The van der Waals surface area contributed by atoms with Gasteiger partial charge in [0.15, 0.2) is 0 Å². The summed E-state index contributed by atoms with van der Waals surface area (Å²) in [5.74, 6) is -2.34. The van der Waals surface area contributed by atoms with Crippen LogP contribution in [0, 0.1) is 0 Å². The van der Waals surface area contributed by atoms with Gasteiger partial charge in [-0.15, -0.1) is 0 Å². The van der Waals surface area contributed by atoms with Gasteiger partial charge in [0.25, 0.3) is 11.8 Å². The maximum Gasteiger partial charge on any atom is 0.287 e. The highest BCUT2D eigenvalue weighted by Crippen LogP contribution is 2.16. The lowest BCUT2D eigenvalue weighted by atomic mass is 10.00. The van der Waals surface area contributed by atoms with E-state index < -0.39 is 23.6 Å². The number of amides is 2. The monoisotopic (exact) mass is 524 g/mol. The Bertz CT molecular complexity index is 1300. The highest BCUT2D eigenvalue weighted by atomic mass is 16.2. The number of primary amides is 1. The molecule has 0 radical (unpaired) electrons. The minimum Gasteiger partial charge on any atom is -0.363 e. The van der Waals surface area contributed by atoms with Crippen LogP contribution in [0.5, 0.6) is 0 Å². The van der Waals surface area contributed by atoms with Crippen molar-refractivity contribution in [3.8, 4) is 0 Å². The van der Waals surface area contributed by atoms with Crippen molar-refractivity contribution >= 4 is 29.7 Å². The Morgan fingerprint density at radius 1 is 0.821 bits per heavy atom. The van der Waals surface area contributed by atoms with Crippen molar-refractivity contribution in [3.63, 3.8) is 0 Å². The van der Waals surface area contributed by atoms with Gasteiger partial charge in [-0.25, -0.2) is 0 Å². The summed E-state index contributed by atoms with van der Waals surface area (Å²) < 4.78 is 0. The lowest BCUT2D eigenvalue weighted by Crippen LogP contribution is -2.47. The quantitative estimate of drug-likeness (QED) is 0.296. The first kappa shape index (κ1) is 28.0. The standard InChI is InChI=1S/C32H36N4O3/c1-2-35-18-20-36(21-19-35)23-26-14-12-24(13-15-26)16-17-27-10-6-7-11-28(27)32(39)34-29(30(37)31(33)38)22-25-8-4-3-5-9-25/h3-17,29H,2,18-23H2,1H3,(H2,33,38)(H,34,39)/b17-16+. The van der Waals surface area contributed by atoms with E-state index in [0.717, 1.165) is 50.4 Å². The predicted octanol–water partition coefficient (Wildman–Crippen LogP) is 3.39. The van der Waals surface area contributed by atoms with E-state index in [0.29, 0.717) is 11.1 Å². The summed E-state index contributed by atoms with van der Waals surface area (Å²) >= 11 is 0. The van der Waals surface area contributed by atoms with E-state index in [1.54, 1.807) is 12.1 Å². The zero-order valence-electron chi connectivity index (χ0n) is 22.4. The highest BCUT2D eigenvalue weighted by molar-refractivity contribution is 6.38. The van der Waals surface area contributed by atoms with Gasteiger partial charge in [-0.3, -0.25) is 19.3 Å². The zero-order chi connectivity index (χ0) is 27.6. The van der Waals surface area contributed by atoms with Crippen molar-refractivity contribution in [3.05, 3.63) is 107 Å². The molecular weight excluding hydrogens is 488 g/mol. The molecule has 4 rings (SSSR count). The molecule has 0 spiro atoms. The Kier molecular flexibility index (Phi) is 9.78. The number of ketones is 1. The van der Waals surface area contributed by atoms with Crippen LogP contribution in [0.4, 0.5) is 0 Å². The molecule has 0 aliphatic carbocycles. The molecule has 0 aromatic heterocycles. The van der Waals surface area contributed by atoms with E-state index in [1.165, 1.54) is 5.56 Å². The molecule has 0 bridgehead atoms. The largest absolute Gasteiger partial charge is 0.363 e. The molecular formula is C32H36N4O3. The third-order valence-corrected chi connectivity index (χ3v) is 7.11. The molecule has 202 valence electrons. The molecule has 3 N–H and O–H groups in total. The van der Waals surface area contributed by atoms with E-state index in [2.05, 4.69) is 46.3 Å². The first-order chi connectivity index (χ1) is 18.9. The number of benzene rings is 3. The summed E-state index contributed by atoms with van der Waals surface area (Å²) in [4.78, 5) is 42.3. The lowest BCUT2D eigenvalue weighted by Gasteiger charge is -2.34. The van der Waals surface area contributed by atoms with Crippen molar-refractivity contribution in [2.45, 2.75) is 25.9 Å². The summed E-state index contributed by atoms with van der Waals surface area (Å²) in [6.45, 7) is 8.68. The van der Waals surface area contributed by atoms with Gasteiger partial charge in [0, 0.05) is 44.7 Å². The highest BCUT2D eigenvalue weighted by Gasteiger charge is 2.26. The normalized spacial score (nSPS) is 15.2. The summed E-state index contributed by atoms with van der Waals surface area (Å²) in [6, 6.07) is 23.8. The second kappa shape index (κ2) is 13.6. The summed E-state index contributed by atoms with van der Waals surface area (Å²) in [5, 5.41) is 2.72. The summed E-state index contributed by atoms with van der Waals surface area (Å²) in [5.41, 5.74) is 9.50. The first-order valence-electron chi connectivity index (χ1n) is 13.4. The van der Waals surface area contributed by atoms with Crippen molar-refractivity contribution in [1.29, 1.82) is 0 Å². The van der Waals surface area contributed by atoms with Crippen molar-refractivity contribution in [1.82, 2.24) is 15.1 Å². The maximum atomic E-state index is 13.2. The number of piperazine rings is 1. The summed E-state index contributed by atoms with van der Waals surface area (Å²) in [7, 11) is 0. The van der Waals surface area contributed by atoms with Crippen LogP contribution in [0.2, 0.25) is 0 Å². The third kappa shape index (κ3) is 7.96. The molecule has 3 aromatic rings. The third-order valence-electron chi connectivity index (χ3n) is 7.11. The van der Waals surface area contributed by atoms with Crippen LogP contribution < -0.4 is 11.1 Å².